The van der Waals surface area contributed by atoms with Crippen LogP contribution in [0.4, 0.5) is 5.95 Å². The van der Waals surface area contributed by atoms with Gasteiger partial charge in [-0.25, -0.2) is 9.97 Å². The SMILES string of the molecule is CCN(Cc1nc(-c2ccc(C)cc2)no1)C(=O)/C=C/c1cnc(N(C)C)nc1. The van der Waals surface area contributed by atoms with Crippen LogP contribution in [-0.4, -0.2) is 51.6 Å². The van der Waals surface area contributed by atoms with Gasteiger partial charge in [0.25, 0.3) is 0 Å². The van der Waals surface area contributed by atoms with Gasteiger partial charge in [0.15, 0.2) is 0 Å². The van der Waals surface area contributed by atoms with E-state index in [0.29, 0.717) is 24.2 Å². The van der Waals surface area contributed by atoms with E-state index in [1.807, 2.05) is 57.1 Å². The van der Waals surface area contributed by atoms with Gasteiger partial charge in [0.05, 0.1) is 0 Å². The minimum Gasteiger partial charge on any atom is -0.347 e. The molecule has 1 amide bonds. The maximum Gasteiger partial charge on any atom is 0.247 e. The minimum absolute atomic E-state index is 0.153. The van der Waals surface area contributed by atoms with Crippen molar-refractivity contribution >= 4 is 17.9 Å². The second-order valence-electron chi connectivity index (χ2n) is 6.77. The first-order valence-electron chi connectivity index (χ1n) is 9.32. The van der Waals surface area contributed by atoms with Crippen molar-refractivity contribution in [3.63, 3.8) is 0 Å². The lowest BCUT2D eigenvalue weighted by Crippen LogP contribution is -2.28. The Morgan fingerprint density at radius 2 is 1.83 bits per heavy atom. The fourth-order valence-electron chi connectivity index (χ4n) is 2.57. The Balaban J connectivity index is 1.65. The third-order valence-corrected chi connectivity index (χ3v) is 4.27. The Morgan fingerprint density at radius 1 is 1.14 bits per heavy atom. The number of hydrogen-bond acceptors (Lipinski definition) is 7. The minimum atomic E-state index is -0.153. The topological polar surface area (TPSA) is 88.2 Å². The molecule has 0 atom stereocenters. The largest absolute Gasteiger partial charge is 0.347 e. The Labute approximate surface area is 169 Å². The van der Waals surface area contributed by atoms with Gasteiger partial charge >= 0.3 is 0 Å². The van der Waals surface area contributed by atoms with E-state index in [0.717, 1.165) is 16.7 Å². The molecule has 0 saturated carbocycles. The van der Waals surface area contributed by atoms with E-state index < -0.39 is 0 Å². The van der Waals surface area contributed by atoms with Gasteiger partial charge in [-0.3, -0.25) is 4.79 Å². The lowest BCUT2D eigenvalue weighted by Gasteiger charge is -2.16. The molecule has 0 fully saturated rings. The van der Waals surface area contributed by atoms with Gasteiger partial charge < -0.3 is 14.3 Å². The molecule has 29 heavy (non-hydrogen) atoms. The van der Waals surface area contributed by atoms with Gasteiger partial charge in [-0.2, -0.15) is 4.98 Å². The second kappa shape index (κ2) is 9.09. The standard InChI is InChI=1S/C21H24N6O2/c1-5-27(19(28)11-8-16-12-22-21(23-13-16)26(3)4)14-18-24-20(25-29-18)17-9-6-15(2)7-10-17/h6-13H,5,14H2,1-4H3/b11-8+. The summed E-state index contributed by atoms with van der Waals surface area (Å²) in [7, 11) is 3.74. The maximum absolute atomic E-state index is 12.5. The summed E-state index contributed by atoms with van der Waals surface area (Å²) in [6, 6.07) is 7.87. The average molecular weight is 392 g/mol. The molecule has 0 aliphatic carbocycles. The molecule has 0 unspecified atom stereocenters. The predicted octanol–water partition coefficient (Wildman–Crippen LogP) is 2.96. The van der Waals surface area contributed by atoms with Crippen molar-refractivity contribution in [2.75, 3.05) is 25.5 Å². The highest BCUT2D eigenvalue weighted by molar-refractivity contribution is 5.91. The van der Waals surface area contributed by atoms with Gasteiger partial charge in [0, 0.05) is 50.2 Å². The number of hydrogen-bond donors (Lipinski definition) is 0. The number of benzene rings is 1. The molecule has 0 bridgehead atoms. The Kier molecular flexibility index (Phi) is 6.33. The number of nitrogens with zero attached hydrogens (tertiary/aromatic N) is 6. The smallest absolute Gasteiger partial charge is 0.247 e. The van der Waals surface area contributed by atoms with E-state index in [-0.39, 0.29) is 12.5 Å². The zero-order valence-corrected chi connectivity index (χ0v) is 17.0. The van der Waals surface area contributed by atoms with E-state index in [9.17, 15) is 4.79 Å². The third-order valence-electron chi connectivity index (χ3n) is 4.27. The van der Waals surface area contributed by atoms with Crippen LogP contribution < -0.4 is 4.90 Å². The first kappa shape index (κ1) is 20.2. The molecular formula is C21H24N6O2. The first-order valence-corrected chi connectivity index (χ1v) is 9.32. The summed E-state index contributed by atoms with van der Waals surface area (Å²) in [5.41, 5.74) is 2.79. The van der Waals surface area contributed by atoms with Crippen LogP contribution >= 0.6 is 0 Å². The second-order valence-corrected chi connectivity index (χ2v) is 6.77. The van der Waals surface area contributed by atoms with Crippen molar-refractivity contribution in [1.82, 2.24) is 25.0 Å². The molecule has 3 rings (SSSR count). The quantitative estimate of drug-likeness (QED) is 0.571. The van der Waals surface area contributed by atoms with Crippen LogP contribution in [0.3, 0.4) is 0 Å². The lowest BCUT2D eigenvalue weighted by molar-refractivity contribution is -0.126. The Bertz CT molecular complexity index is 977. The first-order chi connectivity index (χ1) is 14.0. The molecule has 0 aliphatic heterocycles. The molecule has 0 saturated heterocycles. The zero-order chi connectivity index (χ0) is 20.8. The van der Waals surface area contributed by atoms with Gasteiger partial charge in [-0.15, -0.1) is 0 Å². The van der Waals surface area contributed by atoms with E-state index in [1.165, 1.54) is 6.08 Å². The summed E-state index contributed by atoms with van der Waals surface area (Å²) in [6.07, 6.45) is 6.53. The van der Waals surface area contributed by atoms with Gasteiger partial charge in [-0.05, 0) is 19.9 Å². The van der Waals surface area contributed by atoms with Crippen molar-refractivity contribution in [3.05, 3.63) is 59.8 Å². The van der Waals surface area contributed by atoms with E-state index >= 15 is 0 Å². The molecule has 2 heterocycles. The molecule has 1 aromatic carbocycles. The number of amides is 1. The molecule has 0 radical (unpaired) electrons. The summed E-state index contributed by atoms with van der Waals surface area (Å²) >= 11 is 0. The maximum atomic E-state index is 12.5. The summed E-state index contributed by atoms with van der Waals surface area (Å²) in [6.45, 7) is 4.68. The number of carbonyl (C=O) groups excluding carboxylic acids is 1. The van der Waals surface area contributed by atoms with Crippen LogP contribution in [0.1, 0.15) is 23.9 Å². The van der Waals surface area contributed by atoms with Crippen molar-refractivity contribution in [3.8, 4) is 11.4 Å². The molecule has 150 valence electrons. The van der Waals surface area contributed by atoms with Gasteiger partial charge in [-0.1, -0.05) is 35.0 Å². The highest BCUT2D eigenvalue weighted by Crippen LogP contribution is 2.17. The number of aryl methyl sites for hydroxylation is 1. The van der Waals surface area contributed by atoms with E-state index in [4.69, 9.17) is 4.52 Å². The average Bonchev–Trinajstić information content (AvgIpc) is 3.19. The zero-order valence-electron chi connectivity index (χ0n) is 17.0. The molecule has 0 spiro atoms. The number of rotatable bonds is 7. The molecule has 8 heteroatoms. The normalized spacial score (nSPS) is 11.0. The van der Waals surface area contributed by atoms with E-state index in [1.54, 1.807) is 23.4 Å². The highest BCUT2D eigenvalue weighted by Gasteiger charge is 2.15. The molecular weight excluding hydrogens is 368 g/mol. The van der Waals surface area contributed by atoms with Crippen LogP contribution in [0, 0.1) is 6.92 Å². The van der Waals surface area contributed by atoms with Gasteiger partial charge in [0.2, 0.25) is 23.6 Å². The Morgan fingerprint density at radius 3 is 2.45 bits per heavy atom. The lowest BCUT2D eigenvalue weighted by atomic mass is 10.1. The molecule has 0 aliphatic rings. The number of anilines is 1. The van der Waals surface area contributed by atoms with Crippen molar-refractivity contribution in [2.24, 2.45) is 0 Å². The fourth-order valence-corrected chi connectivity index (χ4v) is 2.57. The van der Waals surface area contributed by atoms with Crippen LogP contribution in [0.5, 0.6) is 0 Å². The van der Waals surface area contributed by atoms with Crippen LogP contribution in [0.2, 0.25) is 0 Å². The van der Waals surface area contributed by atoms with Crippen LogP contribution in [-0.2, 0) is 11.3 Å². The van der Waals surface area contributed by atoms with Crippen molar-refractivity contribution in [2.45, 2.75) is 20.4 Å². The summed E-state index contributed by atoms with van der Waals surface area (Å²) in [5, 5.41) is 4.02. The number of likely N-dealkylation sites (N-methyl/N-ethyl adjacent to an activating group) is 1. The highest BCUT2D eigenvalue weighted by atomic mass is 16.5. The molecule has 8 nitrogen and oxygen atoms in total. The van der Waals surface area contributed by atoms with Crippen molar-refractivity contribution in [1.29, 1.82) is 0 Å². The van der Waals surface area contributed by atoms with Crippen LogP contribution in [0.25, 0.3) is 17.5 Å². The summed E-state index contributed by atoms with van der Waals surface area (Å²) in [4.78, 5) is 28.8. The molecule has 2 aromatic heterocycles. The summed E-state index contributed by atoms with van der Waals surface area (Å²) < 4.78 is 5.33. The third kappa shape index (κ3) is 5.25. The van der Waals surface area contributed by atoms with Crippen LogP contribution in [0.15, 0.2) is 47.3 Å². The summed E-state index contributed by atoms with van der Waals surface area (Å²) in [5.74, 6) is 1.36. The Hall–Kier alpha value is -3.55. The van der Waals surface area contributed by atoms with E-state index in [2.05, 4.69) is 20.1 Å². The molecule has 3 aromatic rings. The van der Waals surface area contributed by atoms with Crippen molar-refractivity contribution < 1.29 is 9.32 Å². The monoisotopic (exact) mass is 392 g/mol. The number of carbonyl (C=O) groups is 1. The predicted molar refractivity (Wildman–Crippen MR) is 111 cm³/mol. The number of aromatic nitrogens is 4. The molecule has 0 N–H and O–H groups in total. The van der Waals surface area contributed by atoms with Gasteiger partial charge in [0.1, 0.15) is 6.54 Å². The fraction of sp³-hybridized carbons (Fsp3) is 0.286.